The minimum Gasteiger partial charge on any atom is -0.354 e. The molecule has 0 fully saturated rings. The first kappa shape index (κ1) is 11.7. The van der Waals surface area contributed by atoms with Crippen LogP contribution in [0.1, 0.15) is 11.8 Å². The van der Waals surface area contributed by atoms with Crippen LogP contribution >= 0.6 is 22.9 Å². The third-order valence-electron chi connectivity index (χ3n) is 2.02. The van der Waals surface area contributed by atoms with Crippen molar-refractivity contribution in [2.75, 3.05) is 0 Å². The van der Waals surface area contributed by atoms with Crippen LogP contribution in [0.25, 0.3) is 5.16 Å². The molecule has 0 aromatic carbocycles. The molecule has 0 saturated heterocycles. The number of nitrogens with one attached hydrogen (secondary N) is 1. The molecule has 16 heavy (non-hydrogen) atoms. The first-order valence-electron chi connectivity index (χ1n) is 4.55. The Kier molecular flexibility index (Phi) is 2.88. The number of alkyl halides is 3. The topological polar surface area (TPSA) is 24.4 Å². The molecular weight excluding hydrogens is 261 g/mol. The Balaban J connectivity index is 2.46. The second-order valence-corrected chi connectivity index (χ2v) is 4.98. The molecule has 0 spiro atoms. The molecule has 2 rings (SSSR count). The van der Waals surface area contributed by atoms with Gasteiger partial charge < -0.3 is 5.32 Å². The minimum absolute atomic E-state index is 0.197. The largest absolute Gasteiger partial charge is 0.393 e. The Bertz CT molecular complexity index is 520. The number of rotatable bonds is 1. The standard InChI is InChI=1S/C9H8ClF3N2S/c1-4-14-7(10)6-2-5(3-9(11,12)13)16-8(6)15-4/h2,4,14H,3H2,1H3. The van der Waals surface area contributed by atoms with Crippen LogP contribution in [0.4, 0.5) is 13.2 Å². The van der Waals surface area contributed by atoms with Crippen molar-refractivity contribution in [3.05, 3.63) is 20.8 Å². The van der Waals surface area contributed by atoms with E-state index in [1.807, 2.05) is 0 Å². The molecule has 0 bridgehead atoms. The van der Waals surface area contributed by atoms with Gasteiger partial charge in [0.05, 0.1) is 6.42 Å². The second kappa shape index (κ2) is 3.92. The number of halogens is 4. The van der Waals surface area contributed by atoms with Gasteiger partial charge >= 0.3 is 6.18 Å². The van der Waals surface area contributed by atoms with Gasteiger partial charge in [-0.05, 0) is 13.0 Å². The molecule has 0 saturated carbocycles. The molecule has 1 aromatic rings. The zero-order valence-electron chi connectivity index (χ0n) is 8.23. The highest BCUT2D eigenvalue weighted by atomic mass is 35.5. The summed E-state index contributed by atoms with van der Waals surface area (Å²) in [5.74, 6) is 0. The fourth-order valence-corrected chi connectivity index (χ4v) is 2.94. The van der Waals surface area contributed by atoms with Crippen molar-refractivity contribution >= 4 is 28.1 Å². The monoisotopic (exact) mass is 268 g/mol. The lowest BCUT2D eigenvalue weighted by Gasteiger charge is -2.11. The maximum absolute atomic E-state index is 12.2. The van der Waals surface area contributed by atoms with Crippen LogP contribution in [0, 0.1) is 0 Å². The third kappa shape index (κ3) is 2.49. The normalized spacial score (nSPS) is 20.1. The van der Waals surface area contributed by atoms with Gasteiger partial charge in [-0.1, -0.05) is 11.6 Å². The summed E-state index contributed by atoms with van der Waals surface area (Å²) in [6.07, 6.45) is -5.32. The fraction of sp³-hybridized carbons (Fsp3) is 0.444. The van der Waals surface area contributed by atoms with Gasteiger partial charge in [0.2, 0.25) is 0 Å². The molecule has 7 heteroatoms. The predicted octanol–water partition coefficient (Wildman–Crippen LogP) is 1.73. The Morgan fingerprint density at radius 1 is 1.56 bits per heavy atom. The Hall–Kier alpha value is -0.750. The van der Waals surface area contributed by atoms with Crippen molar-refractivity contribution in [1.82, 2.24) is 5.32 Å². The molecule has 0 amide bonds. The van der Waals surface area contributed by atoms with Gasteiger partial charge in [0.15, 0.2) is 0 Å². The van der Waals surface area contributed by atoms with Gasteiger partial charge in [0, 0.05) is 10.1 Å². The third-order valence-corrected chi connectivity index (χ3v) is 3.38. The van der Waals surface area contributed by atoms with E-state index in [1.54, 1.807) is 6.92 Å². The van der Waals surface area contributed by atoms with Gasteiger partial charge in [-0.2, -0.15) is 13.2 Å². The molecule has 0 radical (unpaired) electrons. The van der Waals surface area contributed by atoms with Gasteiger partial charge in [-0.3, -0.25) is 0 Å². The van der Waals surface area contributed by atoms with Gasteiger partial charge in [0.1, 0.15) is 16.0 Å². The molecule has 0 aliphatic carbocycles. The quantitative estimate of drug-likeness (QED) is 0.771. The van der Waals surface area contributed by atoms with Crippen molar-refractivity contribution in [2.45, 2.75) is 25.7 Å². The zero-order valence-corrected chi connectivity index (χ0v) is 9.80. The second-order valence-electron chi connectivity index (χ2n) is 3.49. The van der Waals surface area contributed by atoms with E-state index >= 15 is 0 Å². The van der Waals surface area contributed by atoms with Crippen molar-refractivity contribution in [1.29, 1.82) is 0 Å². The zero-order chi connectivity index (χ0) is 11.9. The van der Waals surface area contributed by atoms with Crippen molar-refractivity contribution in [3.63, 3.8) is 0 Å². The summed E-state index contributed by atoms with van der Waals surface area (Å²) in [6, 6.07) is 1.44. The molecule has 1 aromatic heterocycles. The molecule has 88 valence electrons. The summed E-state index contributed by atoms with van der Waals surface area (Å²) in [7, 11) is 0. The summed E-state index contributed by atoms with van der Waals surface area (Å²) in [5.41, 5.74) is 0. The minimum atomic E-state index is -4.20. The molecule has 1 unspecified atom stereocenters. The van der Waals surface area contributed by atoms with E-state index in [-0.39, 0.29) is 11.0 Å². The van der Waals surface area contributed by atoms with Gasteiger partial charge in [-0.15, -0.1) is 11.3 Å². The van der Waals surface area contributed by atoms with Gasteiger partial charge in [-0.25, -0.2) is 4.99 Å². The van der Waals surface area contributed by atoms with Crippen molar-refractivity contribution in [2.24, 2.45) is 4.99 Å². The summed E-state index contributed by atoms with van der Waals surface area (Å²) in [6.45, 7) is 1.79. The maximum atomic E-state index is 12.2. The summed E-state index contributed by atoms with van der Waals surface area (Å²) < 4.78 is 37.2. The maximum Gasteiger partial charge on any atom is 0.393 e. The molecule has 2 heterocycles. The first-order chi connectivity index (χ1) is 7.35. The van der Waals surface area contributed by atoms with E-state index in [4.69, 9.17) is 11.6 Å². The van der Waals surface area contributed by atoms with Crippen LogP contribution < -0.4 is 15.2 Å². The lowest BCUT2D eigenvalue weighted by atomic mass is 10.3. The van der Waals surface area contributed by atoms with Crippen LogP contribution in [0.3, 0.4) is 0 Å². The van der Waals surface area contributed by atoms with E-state index < -0.39 is 12.6 Å². The highest BCUT2D eigenvalue weighted by Gasteiger charge is 2.28. The Labute approximate surface area is 98.4 Å². The van der Waals surface area contributed by atoms with Crippen LogP contribution in [-0.4, -0.2) is 12.3 Å². The molecule has 1 N–H and O–H groups in total. The van der Waals surface area contributed by atoms with E-state index in [9.17, 15) is 13.2 Å². The molecule has 1 aliphatic rings. The van der Waals surface area contributed by atoms with Crippen molar-refractivity contribution in [3.8, 4) is 0 Å². The van der Waals surface area contributed by atoms with E-state index in [0.717, 1.165) is 11.3 Å². The van der Waals surface area contributed by atoms with Crippen LogP contribution in [0.5, 0.6) is 0 Å². The molecule has 2 nitrogen and oxygen atoms in total. The highest BCUT2D eigenvalue weighted by molar-refractivity contribution is 7.09. The molecular formula is C9H8ClF3N2S. The number of hydrogen-bond acceptors (Lipinski definition) is 3. The van der Waals surface area contributed by atoms with Crippen molar-refractivity contribution < 1.29 is 13.2 Å². The van der Waals surface area contributed by atoms with E-state index in [2.05, 4.69) is 10.3 Å². The van der Waals surface area contributed by atoms with Crippen LogP contribution in [-0.2, 0) is 6.42 Å². The molecule has 1 aliphatic heterocycles. The van der Waals surface area contributed by atoms with E-state index in [1.165, 1.54) is 6.07 Å². The lowest BCUT2D eigenvalue weighted by Crippen LogP contribution is -2.37. The van der Waals surface area contributed by atoms with Crippen LogP contribution in [0.2, 0.25) is 0 Å². The predicted molar refractivity (Wildman–Crippen MR) is 56.7 cm³/mol. The SMILES string of the molecule is CC1N=c2sc(CC(F)(F)F)cc2=C(Cl)N1. The number of thiophene rings is 1. The average Bonchev–Trinajstić information content (AvgIpc) is 2.43. The van der Waals surface area contributed by atoms with Gasteiger partial charge in [0.25, 0.3) is 0 Å². The number of nitrogens with zero attached hydrogens (tertiary/aromatic N) is 1. The van der Waals surface area contributed by atoms with Crippen LogP contribution in [0.15, 0.2) is 11.1 Å². The molecule has 1 atom stereocenters. The van der Waals surface area contributed by atoms with E-state index in [0.29, 0.717) is 15.0 Å². The first-order valence-corrected chi connectivity index (χ1v) is 5.74. The number of hydrogen-bond donors (Lipinski definition) is 1. The average molecular weight is 269 g/mol. The lowest BCUT2D eigenvalue weighted by molar-refractivity contribution is -0.126. The highest BCUT2D eigenvalue weighted by Crippen LogP contribution is 2.22. The Morgan fingerprint density at radius 2 is 2.25 bits per heavy atom. The summed E-state index contributed by atoms with van der Waals surface area (Å²) >= 11 is 6.94. The smallest absolute Gasteiger partial charge is 0.354 e. The Morgan fingerprint density at radius 3 is 2.88 bits per heavy atom. The summed E-state index contributed by atoms with van der Waals surface area (Å²) in [5, 5.41) is 3.77. The fourth-order valence-electron chi connectivity index (χ4n) is 1.44. The summed E-state index contributed by atoms with van der Waals surface area (Å²) in [4.78, 5) is 4.41. The number of fused-ring (bicyclic) bond motifs is 1.